The van der Waals surface area contributed by atoms with Gasteiger partial charge in [-0.3, -0.25) is 4.90 Å². The van der Waals surface area contributed by atoms with Crippen LogP contribution in [0.1, 0.15) is 5.76 Å². The Morgan fingerprint density at radius 1 is 0.958 bits per heavy atom. The van der Waals surface area contributed by atoms with Crippen LogP contribution in [-0.2, 0) is 6.54 Å². The van der Waals surface area contributed by atoms with Gasteiger partial charge in [0.15, 0.2) is 0 Å². The Morgan fingerprint density at radius 3 is 2.50 bits per heavy atom. The lowest BCUT2D eigenvalue weighted by Gasteiger charge is -2.35. The Bertz CT molecular complexity index is 805. The smallest absolute Gasteiger partial charge is 0.134 e. The van der Waals surface area contributed by atoms with E-state index in [-0.39, 0.29) is 0 Å². The molecule has 4 heteroatoms. The number of ether oxygens (including phenoxy) is 1. The van der Waals surface area contributed by atoms with Gasteiger partial charge in [-0.1, -0.05) is 18.2 Å². The minimum atomic E-state index is 0.861. The molecule has 24 heavy (non-hydrogen) atoms. The highest BCUT2D eigenvalue weighted by Crippen LogP contribution is 2.25. The molecule has 0 aliphatic carbocycles. The third-order valence-corrected chi connectivity index (χ3v) is 4.65. The average Bonchev–Trinajstić information content (AvgIpc) is 3.04. The molecule has 1 aromatic heterocycles. The summed E-state index contributed by atoms with van der Waals surface area (Å²) in [5.74, 6) is 1.89. The van der Waals surface area contributed by atoms with Gasteiger partial charge in [0.1, 0.15) is 17.1 Å². The van der Waals surface area contributed by atoms with Crippen molar-refractivity contribution in [2.45, 2.75) is 6.54 Å². The highest BCUT2D eigenvalue weighted by molar-refractivity contribution is 5.79. The second-order valence-corrected chi connectivity index (χ2v) is 6.22. The van der Waals surface area contributed by atoms with E-state index in [0.29, 0.717) is 0 Å². The van der Waals surface area contributed by atoms with Crippen molar-refractivity contribution < 1.29 is 9.15 Å². The Hall–Kier alpha value is -2.46. The van der Waals surface area contributed by atoms with E-state index in [9.17, 15) is 0 Å². The molecule has 0 amide bonds. The first-order chi connectivity index (χ1) is 11.8. The molecule has 0 spiro atoms. The van der Waals surface area contributed by atoms with Crippen molar-refractivity contribution in [1.29, 1.82) is 0 Å². The Kier molecular flexibility index (Phi) is 4.13. The number of piperazine rings is 1. The van der Waals surface area contributed by atoms with Crippen LogP contribution in [0.2, 0.25) is 0 Å². The van der Waals surface area contributed by atoms with Crippen LogP contribution in [0.3, 0.4) is 0 Å². The molecular formula is C20H22N2O2. The number of hydrogen-bond donors (Lipinski definition) is 0. The van der Waals surface area contributed by atoms with E-state index in [1.807, 2.05) is 18.2 Å². The largest absolute Gasteiger partial charge is 0.497 e. The van der Waals surface area contributed by atoms with Crippen LogP contribution >= 0.6 is 0 Å². The van der Waals surface area contributed by atoms with E-state index in [4.69, 9.17) is 9.15 Å². The van der Waals surface area contributed by atoms with Gasteiger partial charge in [0.2, 0.25) is 0 Å². The first-order valence-corrected chi connectivity index (χ1v) is 8.40. The lowest BCUT2D eigenvalue weighted by atomic mass is 10.2. The molecule has 2 aromatic carbocycles. The summed E-state index contributed by atoms with van der Waals surface area (Å²) in [6.07, 6.45) is 0. The van der Waals surface area contributed by atoms with Crippen LogP contribution in [0.5, 0.6) is 5.75 Å². The van der Waals surface area contributed by atoms with Crippen molar-refractivity contribution in [2.24, 2.45) is 0 Å². The SMILES string of the molecule is COc1ccc2oc(CN3CCN(c4ccccc4)CC3)cc2c1. The molecule has 1 saturated heterocycles. The van der Waals surface area contributed by atoms with Gasteiger partial charge in [0, 0.05) is 37.3 Å². The van der Waals surface area contributed by atoms with Crippen molar-refractivity contribution >= 4 is 16.7 Å². The third-order valence-electron chi connectivity index (χ3n) is 4.65. The summed E-state index contributed by atoms with van der Waals surface area (Å²) in [5, 5.41) is 1.10. The zero-order valence-corrected chi connectivity index (χ0v) is 13.9. The maximum absolute atomic E-state index is 5.97. The van der Waals surface area contributed by atoms with E-state index in [1.165, 1.54) is 5.69 Å². The van der Waals surface area contributed by atoms with Gasteiger partial charge in [0.25, 0.3) is 0 Å². The highest BCUT2D eigenvalue weighted by Gasteiger charge is 2.18. The molecule has 0 saturated carbocycles. The normalized spacial score (nSPS) is 15.8. The van der Waals surface area contributed by atoms with E-state index < -0.39 is 0 Å². The van der Waals surface area contributed by atoms with E-state index in [0.717, 1.165) is 55.2 Å². The first kappa shape index (κ1) is 15.1. The number of furan rings is 1. The fourth-order valence-corrected chi connectivity index (χ4v) is 3.30. The first-order valence-electron chi connectivity index (χ1n) is 8.40. The van der Waals surface area contributed by atoms with Crippen molar-refractivity contribution in [3.63, 3.8) is 0 Å². The number of methoxy groups -OCH3 is 1. The number of fused-ring (bicyclic) bond motifs is 1. The average molecular weight is 322 g/mol. The number of anilines is 1. The molecule has 1 fully saturated rings. The van der Waals surface area contributed by atoms with Gasteiger partial charge < -0.3 is 14.1 Å². The summed E-state index contributed by atoms with van der Waals surface area (Å²) in [6, 6.07) is 18.7. The minimum Gasteiger partial charge on any atom is -0.497 e. The summed E-state index contributed by atoms with van der Waals surface area (Å²) < 4.78 is 11.2. The summed E-state index contributed by atoms with van der Waals surface area (Å²) in [4.78, 5) is 4.90. The van der Waals surface area contributed by atoms with Gasteiger partial charge >= 0.3 is 0 Å². The Balaban J connectivity index is 1.40. The van der Waals surface area contributed by atoms with Gasteiger partial charge in [-0.05, 0) is 36.4 Å². The monoisotopic (exact) mass is 322 g/mol. The van der Waals surface area contributed by atoms with Gasteiger partial charge in [-0.2, -0.15) is 0 Å². The van der Waals surface area contributed by atoms with Gasteiger partial charge in [-0.15, -0.1) is 0 Å². The van der Waals surface area contributed by atoms with E-state index in [2.05, 4.69) is 46.2 Å². The maximum Gasteiger partial charge on any atom is 0.134 e. The molecule has 1 aliphatic rings. The molecule has 3 aromatic rings. The number of rotatable bonds is 4. The van der Waals surface area contributed by atoms with Crippen molar-refractivity contribution in [3.05, 3.63) is 60.4 Å². The van der Waals surface area contributed by atoms with Crippen molar-refractivity contribution in [1.82, 2.24) is 4.90 Å². The van der Waals surface area contributed by atoms with Crippen molar-refractivity contribution in [2.75, 3.05) is 38.2 Å². The minimum absolute atomic E-state index is 0.861. The lowest BCUT2D eigenvalue weighted by molar-refractivity contribution is 0.233. The van der Waals surface area contributed by atoms with Crippen LogP contribution in [0, 0.1) is 0 Å². The molecule has 124 valence electrons. The number of hydrogen-bond acceptors (Lipinski definition) is 4. The van der Waals surface area contributed by atoms with Gasteiger partial charge in [0.05, 0.1) is 13.7 Å². The van der Waals surface area contributed by atoms with E-state index >= 15 is 0 Å². The predicted molar refractivity (Wildman–Crippen MR) is 96.7 cm³/mol. The Morgan fingerprint density at radius 2 is 1.75 bits per heavy atom. The number of nitrogens with zero attached hydrogens (tertiary/aromatic N) is 2. The molecule has 1 aliphatic heterocycles. The fraction of sp³-hybridized carbons (Fsp3) is 0.300. The molecule has 0 radical (unpaired) electrons. The lowest BCUT2D eigenvalue weighted by Crippen LogP contribution is -2.45. The molecule has 0 atom stereocenters. The second kappa shape index (κ2) is 6.57. The highest BCUT2D eigenvalue weighted by atomic mass is 16.5. The molecule has 2 heterocycles. The number of para-hydroxylation sites is 1. The summed E-state index contributed by atoms with van der Waals surface area (Å²) in [6.45, 7) is 5.07. The second-order valence-electron chi connectivity index (χ2n) is 6.22. The molecule has 0 bridgehead atoms. The summed E-state index contributed by atoms with van der Waals surface area (Å²) in [7, 11) is 1.69. The van der Waals surface area contributed by atoms with E-state index in [1.54, 1.807) is 7.11 Å². The maximum atomic E-state index is 5.97. The fourth-order valence-electron chi connectivity index (χ4n) is 3.30. The van der Waals surface area contributed by atoms with Crippen molar-refractivity contribution in [3.8, 4) is 5.75 Å². The van der Waals surface area contributed by atoms with Gasteiger partial charge in [-0.25, -0.2) is 0 Å². The third kappa shape index (κ3) is 3.10. The molecule has 0 unspecified atom stereocenters. The van der Waals surface area contributed by atoms with Crippen LogP contribution < -0.4 is 9.64 Å². The van der Waals surface area contributed by atoms with Crippen LogP contribution in [0.4, 0.5) is 5.69 Å². The topological polar surface area (TPSA) is 28.9 Å². The summed E-state index contributed by atoms with van der Waals surface area (Å²) >= 11 is 0. The zero-order chi connectivity index (χ0) is 16.4. The van der Waals surface area contributed by atoms with Crippen LogP contribution in [0.15, 0.2) is 59.0 Å². The molecule has 4 nitrogen and oxygen atoms in total. The predicted octanol–water partition coefficient (Wildman–Crippen LogP) is 3.76. The summed E-state index contributed by atoms with van der Waals surface area (Å²) in [5.41, 5.74) is 2.24. The van der Waals surface area contributed by atoms with Crippen LogP contribution in [0.25, 0.3) is 11.0 Å². The number of benzene rings is 2. The standard InChI is InChI=1S/C20H22N2O2/c1-23-18-7-8-20-16(13-18)14-19(24-20)15-21-9-11-22(12-10-21)17-5-3-2-4-6-17/h2-8,13-14H,9-12,15H2,1H3. The molecule has 4 rings (SSSR count). The molecule has 0 N–H and O–H groups in total. The zero-order valence-electron chi connectivity index (χ0n) is 13.9. The quantitative estimate of drug-likeness (QED) is 0.731. The van der Waals surface area contributed by atoms with Crippen LogP contribution in [-0.4, -0.2) is 38.2 Å². The molecular weight excluding hydrogens is 300 g/mol. The Labute approximate surface area is 142 Å².